The largest absolute Gasteiger partial charge is 0.265 e. The molecular weight excluding hydrogens is 182 g/mol. The van der Waals surface area contributed by atoms with E-state index >= 15 is 0 Å². The molecule has 0 bridgehead atoms. The number of allylic oxidation sites excluding steroid dienone is 4. The van der Waals surface area contributed by atoms with Crippen molar-refractivity contribution in [2.75, 3.05) is 0 Å². The molecule has 0 N–H and O–H groups in total. The molecule has 1 rings (SSSR count). The van der Waals surface area contributed by atoms with Crippen molar-refractivity contribution in [2.24, 2.45) is 10.9 Å². The van der Waals surface area contributed by atoms with E-state index in [-0.39, 0.29) is 0 Å². The summed E-state index contributed by atoms with van der Waals surface area (Å²) in [7, 11) is 0. The number of nitrogens with zero attached hydrogens (tertiary/aromatic N) is 1. The number of rotatable bonds is 2. The summed E-state index contributed by atoms with van der Waals surface area (Å²) < 4.78 is 0. The summed E-state index contributed by atoms with van der Waals surface area (Å²) in [5, 5.41) is 0.782. The Morgan fingerprint density at radius 2 is 2.38 bits per heavy atom. The standard InChI is InChI=1S/C11H14ClN/c1-8-4-5-11(12)7-10(6-8)9(2)13-3/h5,7-8H,2-4,6H2,1H3. The van der Waals surface area contributed by atoms with Crippen LogP contribution in [0.2, 0.25) is 0 Å². The molecule has 0 spiro atoms. The molecule has 1 aliphatic rings. The topological polar surface area (TPSA) is 12.4 Å². The summed E-state index contributed by atoms with van der Waals surface area (Å²) in [5.74, 6) is 0.598. The van der Waals surface area contributed by atoms with Crippen molar-refractivity contribution in [3.05, 3.63) is 35.0 Å². The Balaban J connectivity index is 2.89. The average molecular weight is 196 g/mol. The Bertz CT molecular complexity index is 286. The van der Waals surface area contributed by atoms with Gasteiger partial charge in [0.25, 0.3) is 0 Å². The van der Waals surface area contributed by atoms with E-state index in [9.17, 15) is 0 Å². The van der Waals surface area contributed by atoms with Gasteiger partial charge < -0.3 is 0 Å². The molecule has 0 heterocycles. The lowest BCUT2D eigenvalue weighted by Crippen LogP contribution is -1.94. The lowest BCUT2D eigenvalue weighted by atomic mass is 9.98. The van der Waals surface area contributed by atoms with Gasteiger partial charge in [-0.2, -0.15) is 0 Å². The van der Waals surface area contributed by atoms with Crippen molar-refractivity contribution >= 4 is 18.3 Å². The van der Waals surface area contributed by atoms with Crippen molar-refractivity contribution < 1.29 is 0 Å². The molecule has 0 aromatic carbocycles. The first-order chi connectivity index (χ1) is 6.13. The number of hydrogen-bond donors (Lipinski definition) is 0. The molecule has 13 heavy (non-hydrogen) atoms. The molecule has 70 valence electrons. The molecule has 1 atom stereocenters. The van der Waals surface area contributed by atoms with Gasteiger partial charge in [-0.05, 0) is 37.1 Å². The Morgan fingerprint density at radius 1 is 1.69 bits per heavy atom. The van der Waals surface area contributed by atoms with Gasteiger partial charge >= 0.3 is 0 Å². The van der Waals surface area contributed by atoms with Crippen LogP contribution in [0.3, 0.4) is 0 Å². The minimum atomic E-state index is 0.598. The molecule has 0 fully saturated rings. The van der Waals surface area contributed by atoms with Crippen LogP contribution < -0.4 is 0 Å². The predicted octanol–water partition coefficient (Wildman–Crippen LogP) is 3.68. The first kappa shape index (κ1) is 10.3. The van der Waals surface area contributed by atoms with Crippen LogP contribution in [0.5, 0.6) is 0 Å². The first-order valence-electron chi connectivity index (χ1n) is 4.35. The second kappa shape index (κ2) is 4.43. The average Bonchev–Trinajstić information content (AvgIpc) is 2.27. The number of halogens is 1. The summed E-state index contributed by atoms with van der Waals surface area (Å²) in [6, 6.07) is 0. The van der Waals surface area contributed by atoms with Crippen molar-refractivity contribution in [1.82, 2.24) is 0 Å². The Hall–Kier alpha value is -0.820. The smallest absolute Gasteiger partial charge is 0.0583 e. The van der Waals surface area contributed by atoms with Gasteiger partial charge in [-0.1, -0.05) is 31.2 Å². The van der Waals surface area contributed by atoms with E-state index in [4.69, 9.17) is 11.6 Å². The van der Waals surface area contributed by atoms with Gasteiger partial charge in [0.15, 0.2) is 0 Å². The van der Waals surface area contributed by atoms with Crippen molar-refractivity contribution in [3.63, 3.8) is 0 Å². The maximum atomic E-state index is 5.96. The highest BCUT2D eigenvalue weighted by atomic mass is 35.5. The summed E-state index contributed by atoms with van der Waals surface area (Å²) in [6.45, 7) is 9.48. The third kappa shape index (κ3) is 2.85. The van der Waals surface area contributed by atoms with E-state index in [2.05, 4.69) is 25.2 Å². The molecule has 1 aliphatic carbocycles. The fourth-order valence-electron chi connectivity index (χ4n) is 1.36. The maximum Gasteiger partial charge on any atom is 0.0583 e. The van der Waals surface area contributed by atoms with Gasteiger partial charge in [-0.15, -0.1) is 0 Å². The van der Waals surface area contributed by atoms with Gasteiger partial charge in [0.2, 0.25) is 0 Å². The lowest BCUT2D eigenvalue weighted by Gasteiger charge is -2.09. The van der Waals surface area contributed by atoms with Crippen LogP contribution in [0.4, 0.5) is 0 Å². The van der Waals surface area contributed by atoms with Gasteiger partial charge in [-0.25, -0.2) is 0 Å². The normalized spacial score (nSPS) is 22.8. The highest BCUT2D eigenvalue weighted by Crippen LogP contribution is 2.27. The van der Waals surface area contributed by atoms with E-state index < -0.39 is 0 Å². The lowest BCUT2D eigenvalue weighted by molar-refractivity contribution is 0.592. The second-order valence-electron chi connectivity index (χ2n) is 3.41. The fraction of sp³-hybridized carbons (Fsp3) is 0.364. The quantitative estimate of drug-likeness (QED) is 0.596. The fourth-order valence-corrected chi connectivity index (χ4v) is 1.58. The monoisotopic (exact) mass is 195 g/mol. The van der Waals surface area contributed by atoms with Crippen molar-refractivity contribution in [2.45, 2.75) is 19.8 Å². The van der Waals surface area contributed by atoms with E-state index in [0.717, 1.165) is 29.1 Å². The third-order valence-electron chi connectivity index (χ3n) is 2.16. The third-order valence-corrected chi connectivity index (χ3v) is 2.42. The van der Waals surface area contributed by atoms with Gasteiger partial charge in [0, 0.05) is 5.03 Å². The predicted molar refractivity (Wildman–Crippen MR) is 59.1 cm³/mol. The highest BCUT2D eigenvalue weighted by Gasteiger charge is 2.11. The number of aliphatic imine (C=N–C) groups is 1. The van der Waals surface area contributed by atoms with Crippen LogP contribution in [0.1, 0.15) is 19.8 Å². The zero-order valence-electron chi connectivity index (χ0n) is 7.89. The molecule has 0 radical (unpaired) electrons. The Labute approximate surface area is 84.5 Å². The Morgan fingerprint density at radius 3 is 3.00 bits per heavy atom. The van der Waals surface area contributed by atoms with E-state index in [1.807, 2.05) is 12.2 Å². The zero-order chi connectivity index (χ0) is 9.84. The van der Waals surface area contributed by atoms with E-state index in [1.54, 1.807) is 0 Å². The minimum Gasteiger partial charge on any atom is -0.265 e. The number of hydrogen-bond acceptors (Lipinski definition) is 1. The molecule has 0 aromatic heterocycles. The zero-order valence-corrected chi connectivity index (χ0v) is 8.64. The molecule has 2 heteroatoms. The molecule has 1 nitrogen and oxygen atoms in total. The molecule has 1 unspecified atom stereocenters. The molecule has 0 aromatic rings. The van der Waals surface area contributed by atoms with E-state index in [0.29, 0.717) is 5.92 Å². The van der Waals surface area contributed by atoms with Crippen LogP contribution in [0.25, 0.3) is 0 Å². The highest BCUT2D eigenvalue weighted by molar-refractivity contribution is 6.31. The molecular formula is C11H14ClN. The van der Waals surface area contributed by atoms with Gasteiger partial charge in [-0.3, -0.25) is 4.99 Å². The first-order valence-corrected chi connectivity index (χ1v) is 4.73. The summed E-state index contributed by atoms with van der Waals surface area (Å²) in [5.41, 5.74) is 1.83. The summed E-state index contributed by atoms with van der Waals surface area (Å²) in [6.07, 6.45) is 5.96. The Kier molecular flexibility index (Phi) is 3.49. The van der Waals surface area contributed by atoms with Crippen LogP contribution >= 0.6 is 11.6 Å². The molecule has 0 aliphatic heterocycles. The van der Waals surface area contributed by atoms with Crippen LogP contribution in [0, 0.1) is 5.92 Å². The van der Waals surface area contributed by atoms with Crippen LogP contribution in [-0.2, 0) is 0 Å². The van der Waals surface area contributed by atoms with Crippen LogP contribution in [0.15, 0.2) is 40.0 Å². The maximum absolute atomic E-state index is 5.96. The second-order valence-corrected chi connectivity index (χ2v) is 3.84. The minimum absolute atomic E-state index is 0.598. The van der Waals surface area contributed by atoms with Gasteiger partial charge in [0.1, 0.15) is 0 Å². The summed E-state index contributed by atoms with van der Waals surface area (Å²) >= 11 is 5.96. The molecule has 0 saturated heterocycles. The van der Waals surface area contributed by atoms with Gasteiger partial charge in [0.05, 0.1) is 5.70 Å². The SMILES string of the molecule is C=NC(=C)C1=CC(Cl)=CCC(C)C1. The summed E-state index contributed by atoms with van der Waals surface area (Å²) in [4.78, 5) is 3.82. The van der Waals surface area contributed by atoms with Crippen molar-refractivity contribution in [3.8, 4) is 0 Å². The van der Waals surface area contributed by atoms with Crippen LogP contribution in [-0.4, -0.2) is 6.72 Å². The van der Waals surface area contributed by atoms with E-state index in [1.165, 1.54) is 0 Å². The van der Waals surface area contributed by atoms with Crippen molar-refractivity contribution in [1.29, 1.82) is 0 Å². The molecule has 0 amide bonds. The molecule has 0 saturated carbocycles.